The van der Waals surface area contributed by atoms with Crippen molar-refractivity contribution in [2.75, 3.05) is 6.61 Å². The van der Waals surface area contributed by atoms with Crippen LogP contribution in [0.25, 0.3) is 0 Å². The molecule has 2 rings (SSSR count). The van der Waals surface area contributed by atoms with E-state index in [1.54, 1.807) is 0 Å². The SMILES string of the molecule is CCOC(c1ccccc1)c1ncc(C(=O)O)c(CC)n1. The molecular formula is C16H18N2O3. The summed E-state index contributed by atoms with van der Waals surface area (Å²) in [4.78, 5) is 19.7. The van der Waals surface area contributed by atoms with E-state index in [0.29, 0.717) is 24.5 Å². The number of hydrogen-bond acceptors (Lipinski definition) is 4. The van der Waals surface area contributed by atoms with E-state index in [1.165, 1.54) is 6.20 Å². The van der Waals surface area contributed by atoms with E-state index in [0.717, 1.165) is 5.56 Å². The van der Waals surface area contributed by atoms with Crippen LogP contribution >= 0.6 is 0 Å². The number of carboxylic acid groups (broad SMARTS) is 1. The van der Waals surface area contributed by atoms with E-state index in [4.69, 9.17) is 9.84 Å². The summed E-state index contributed by atoms with van der Waals surface area (Å²) in [5.41, 5.74) is 1.61. The lowest BCUT2D eigenvalue weighted by atomic mass is 10.1. The third kappa shape index (κ3) is 3.44. The predicted octanol–water partition coefficient (Wildman–Crippen LogP) is 2.86. The Labute approximate surface area is 123 Å². The normalized spacial score (nSPS) is 12.1. The van der Waals surface area contributed by atoms with Gasteiger partial charge in [-0.15, -0.1) is 0 Å². The first kappa shape index (κ1) is 15.1. The average Bonchev–Trinajstić information content (AvgIpc) is 2.52. The first-order valence-corrected chi connectivity index (χ1v) is 6.93. The molecule has 1 atom stereocenters. The molecule has 0 bridgehead atoms. The molecule has 0 amide bonds. The van der Waals surface area contributed by atoms with Gasteiger partial charge >= 0.3 is 5.97 Å². The fourth-order valence-electron chi connectivity index (χ4n) is 2.12. The molecule has 0 fully saturated rings. The van der Waals surface area contributed by atoms with Crippen LogP contribution < -0.4 is 0 Å². The standard InChI is InChI=1S/C16H18N2O3/c1-3-13-12(16(19)20)10-17-15(18-13)14(21-4-2)11-8-6-5-7-9-11/h5-10,14H,3-4H2,1-2H3,(H,19,20). The van der Waals surface area contributed by atoms with E-state index < -0.39 is 5.97 Å². The Bertz CT molecular complexity index is 614. The van der Waals surface area contributed by atoms with Gasteiger partial charge in [-0.2, -0.15) is 0 Å². The highest BCUT2D eigenvalue weighted by atomic mass is 16.5. The number of rotatable bonds is 6. The maximum Gasteiger partial charge on any atom is 0.339 e. The van der Waals surface area contributed by atoms with E-state index in [2.05, 4.69) is 9.97 Å². The van der Waals surface area contributed by atoms with E-state index >= 15 is 0 Å². The smallest absolute Gasteiger partial charge is 0.339 e. The number of hydrogen-bond donors (Lipinski definition) is 1. The number of aryl methyl sites for hydroxylation is 1. The van der Waals surface area contributed by atoms with E-state index in [1.807, 2.05) is 44.2 Å². The third-order valence-corrected chi connectivity index (χ3v) is 3.12. The third-order valence-electron chi connectivity index (χ3n) is 3.12. The summed E-state index contributed by atoms with van der Waals surface area (Å²) in [5.74, 6) is -0.518. The minimum Gasteiger partial charge on any atom is -0.478 e. The highest BCUT2D eigenvalue weighted by Crippen LogP contribution is 2.23. The maximum atomic E-state index is 11.1. The zero-order valence-corrected chi connectivity index (χ0v) is 12.1. The summed E-state index contributed by atoms with van der Waals surface area (Å²) in [6.45, 7) is 4.30. The molecule has 1 aromatic carbocycles. The Morgan fingerprint density at radius 3 is 2.57 bits per heavy atom. The summed E-state index contributed by atoms with van der Waals surface area (Å²) in [5, 5.41) is 9.14. The maximum absolute atomic E-state index is 11.1. The van der Waals surface area contributed by atoms with Gasteiger partial charge in [-0.1, -0.05) is 37.3 Å². The van der Waals surface area contributed by atoms with Crippen LogP contribution in [-0.4, -0.2) is 27.7 Å². The first-order valence-electron chi connectivity index (χ1n) is 6.93. The molecule has 1 aromatic heterocycles. The highest BCUT2D eigenvalue weighted by molar-refractivity contribution is 5.88. The molecular weight excluding hydrogens is 268 g/mol. The fourth-order valence-corrected chi connectivity index (χ4v) is 2.12. The van der Waals surface area contributed by atoms with Crippen molar-refractivity contribution >= 4 is 5.97 Å². The molecule has 0 saturated heterocycles. The monoisotopic (exact) mass is 286 g/mol. The summed E-state index contributed by atoms with van der Waals surface area (Å²) < 4.78 is 5.74. The van der Waals surface area contributed by atoms with Crippen LogP contribution in [0, 0.1) is 0 Å². The minimum absolute atomic E-state index is 0.143. The van der Waals surface area contributed by atoms with E-state index in [-0.39, 0.29) is 11.7 Å². The number of ether oxygens (including phenoxy) is 1. The van der Waals surface area contributed by atoms with Gasteiger partial charge in [0.25, 0.3) is 0 Å². The Morgan fingerprint density at radius 1 is 1.29 bits per heavy atom. The van der Waals surface area contributed by atoms with Crippen molar-refractivity contribution < 1.29 is 14.6 Å². The fraction of sp³-hybridized carbons (Fsp3) is 0.312. The Kier molecular flexibility index (Phi) is 5.00. The van der Waals surface area contributed by atoms with Crippen LogP contribution in [0.2, 0.25) is 0 Å². The van der Waals surface area contributed by atoms with Gasteiger partial charge in [0.2, 0.25) is 0 Å². The van der Waals surface area contributed by atoms with Gasteiger partial charge in [-0.25, -0.2) is 14.8 Å². The van der Waals surface area contributed by atoms with Crippen molar-refractivity contribution in [3.05, 3.63) is 59.2 Å². The van der Waals surface area contributed by atoms with Crippen LogP contribution in [0.4, 0.5) is 0 Å². The molecule has 0 aliphatic rings. The zero-order valence-electron chi connectivity index (χ0n) is 12.1. The summed E-state index contributed by atoms with van der Waals surface area (Å²) in [7, 11) is 0. The number of nitrogens with zero attached hydrogens (tertiary/aromatic N) is 2. The number of aromatic carboxylic acids is 1. The Morgan fingerprint density at radius 2 is 2.00 bits per heavy atom. The second-order valence-electron chi connectivity index (χ2n) is 4.49. The second-order valence-corrected chi connectivity index (χ2v) is 4.49. The molecule has 2 aromatic rings. The van der Waals surface area contributed by atoms with Crippen molar-refractivity contribution in [3.63, 3.8) is 0 Å². The quantitative estimate of drug-likeness (QED) is 0.884. The van der Waals surface area contributed by atoms with Gasteiger partial charge in [-0.3, -0.25) is 0 Å². The lowest BCUT2D eigenvalue weighted by Crippen LogP contribution is -2.14. The van der Waals surface area contributed by atoms with Crippen LogP contribution in [-0.2, 0) is 11.2 Å². The van der Waals surface area contributed by atoms with Gasteiger partial charge in [0.1, 0.15) is 6.10 Å². The van der Waals surface area contributed by atoms with Crippen molar-refractivity contribution in [1.29, 1.82) is 0 Å². The molecule has 110 valence electrons. The molecule has 0 saturated carbocycles. The van der Waals surface area contributed by atoms with Crippen LogP contribution in [0.15, 0.2) is 36.5 Å². The first-order chi connectivity index (χ1) is 10.2. The highest BCUT2D eigenvalue weighted by Gasteiger charge is 2.20. The van der Waals surface area contributed by atoms with Crippen LogP contribution in [0.3, 0.4) is 0 Å². The van der Waals surface area contributed by atoms with Gasteiger partial charge in [-0.05, 0) is 18.9 Å². The summed E-state index contributed by atoms with van der Waals surface area (Å²) in [6, 6.07) is 9.67. The number of carbonyl (C=O) groups is 1. The van der Waals surface area contributed by atoms with Crippen molar-refractivity contribution in [1.82, 2.24) is 9.97 Å². The molecule has 1 N–H and O–H groups in total. The van der Waals surface area contributed by atoms with E-state index in [9.17, 15) is 4.79 Å². The summed E-state index contributed by atoms with van der Waals surface area (Å²) >= 11 is 0. The van der Waals surface area contributed by atoms with Gasteiger partial charge in [0.05, 0.1) is 11.3 Å². The van der Waals surface area contributed by atoms with Crippen LogP contribution in [0.5, 0.6) is 0 Å². The largest absolute Gasteiger partial charge is 0.478 e. The lowest BCUT2D eigenvalue weighted by molar-refractivity contribution is 0.0691. The number of benzene rings is 1. The number of aromatic nitrogens is 2. The summed E-state index contributed by atoms with van der Waals surface area (Å²) in [6.07, 6.45) is 1.51. The predicted molar refractivity (Wildman–Crippen MR) is 78.3 cm³/mol. The molecule has 0 aliphatic heterocycles. The molecule has 0 aliphatic carbocycles. The minimum atomic E-state index is -1.01. The second kappa shape index (κ2) is 6.95. The molecule has 5 nitrogen and oxygen atoms in total. The molecule has 1 heterocycles. The molecule has 0 spiro atoms. The zero-order chi connectivity index (χ0) is 15.2. The molecule has 0 radical (unpaired) electrons. The van der Waals surface area contributed by atoms with Crippen molar-refractivity contribution in [2.45, 2.75) is 26.4 Å². The molecule has 1 unspecified atom stereocenters. The van der Waals surface area contributed by atoms with Gasteiger partial charge in [0.15, 0.2) is 5.82 Å². The number of carboxylic acids is 1. The van der Waals surface area contributed by atoms with Crippen molar-refractivity contribution in [2.24, 2.45) is 0 Å². The Balaban J connectivity index is 2.44. The Hall–Kier alpha value is -2.27. The molecule has 21 heavy (non-hydrogen) atoms. The topological polar surface area (TPSA) is 72.3 Å². The van der Waals surface area contributed by atoms with Crippen molar-refractivity contribution in [3.8, 4) is 0 Å². The lowest BCUT2D eigenvalue weighted by Gasteiger charge is -2.17. The average molecular weight is 286 g/mol. The van der Waals surface area contributed by atoms with Crippen LogP contribution in [0.1, 0.15) is 47.4 Å². The molecule has 5 heteroatoms. The van der Waals surface area contributed by atoms with Gasteiger partial charge < -0.3 is 9.84 Å². The van der Waals surface area contributed by atoms with Gasteiger partial charge in [0, 0.05) is 12.8 Å².